The molecule has 1 aromatic rings. The number of rotatable bonds is 5. The topological polar surface area (TPSA) is 54.4 Å². The van der Waals surface area contributed by atoms with E-state index < -0.39 is 0 Å². The Labute approximate surface area is 96.8 Å². The van der Waals surface area contributed by atoms with E-state index in [0.717, 1.165) is 38.5 Å². The standard InChI is InChI=1S/C12H21N3O/c13-5-8-15-6-3-11(4-7-15)14-10-12-2-1-9-16-12/h1-2,9,11,14H,3-8,10,13H2. The van der Waals surface area contributed by atoms with Gasteiger partial charge in [0.25, 0.3) is 0 Å². The van der Waals surface area contributed by atoms with E-state index in [0.29, 0.717) is 6.04 Å². The molecule has 0 saturated carbocycles. The van der Waals surface area contributed by atoms with Crippen molar-refractivity contribution in [2.24, 2.45) is 5.73 Å². The van der Waals surface area contributed by atoms with E-state index in [9.17, 15) is 0 Å². The van der Waals surface area contributed by atoms with Crippen LogP contribution < -0.4 is 11.1 Å². The van der Waals surface area contributed by atoms with Gasteiger partial charge in [0.15, 0.2) is 0 Å². The van der Waals surface area contributed by atoms with Gasteiger partial charge in [0.05, 0.1) is 12.8 Å². The van der Waals surface area contributed by atoms with Gasteiger partial charge in [0, 0.05) is 19.1 Å². The number of piperidine rings is 1. The van der Waals surface area contributed by atoms with Crippen LogP contribution in [0.2, 0.25) is 0 Å². The predicted molar refractivity (Wildman–Crippen MR) is 64.1 cm³/mol. The predicted octanol–water partition coefficient (Wildman–Crippen LogP) is 0.792. The van der Waals surface area contributed by atoms with E-state index >= 15 is 0 Å². The molecular formula is C12H21N3O. The summed E-state index contributed by atoms with van der Waals surface area (Å²) in [7, 11) is 0. The lowest BCUT2D eigenvalue weighted by Gasteiger charge is -2.31. The molecule has 1 aliphatic rings. The Balaban J connectivity index is 1.65. The number of likely N-dealkylation sites (tertiary alicyclic amines) is 1. The maximum Gasteiger partial charge on any atom is 0.117 e. The lowest BCUT2D eigenvalue weighted by atomic mass is 10.1. The van der Waals surface area contributed by atoms with Crippen molar-refractivity contribution in [3.8, 4) is 0 Å². The van der Waals surface area contributed by atoms with Crippen molar-refractivity contribution in [3.05, 3.63) is 24.2 Å². The third kappa shape index (κ3) is 3.33. The van der Waals surface area contributed by atoms with Crippen molar-refractivity contribution >= 4 is 0 Å². The number of nitrogens with zero attached hydrogens (tertiary/aromatic N) is 1. The highest BCUT2D eigenvalue weighted by Crippen LogP contribution is 2.10. The van der Waals surface area contributed by atoms with Gasteiger partial charge in [-0.25, -0.2) is 0 Å². The molecule has 0 atom stereocenters. The summed E-state index contributed by atoms with van der Waals surface area (Å²) in [5.41, 5.74) is 5.55. The first kappa shape index (κ1) is 11.6. The molecular weight excluding hydrogens is 202 g/mol. The van der Waals surface area contributed by atoms with Crippen LogP contribution in [0.5, 0.6) is 0 Å². The van der Waals surface area contributed by atoms with Gasteiger partial charge in [-0.05, 0) is 38.1 Å². The Morgan fingerprint density at radius 3 is 2.88 bits per heavy atom. The fourth-order valence-corrected chi connectivity index (χ4v) is 2.20. The van der Waals surface area contributed by atoms with Crippen molar-refractivity contribution in [1.29, 1.82) is 0 Å². The molecule has 0 amide bonds. The van der Waals surface area contributed by atoms with Crippen LogP contribution in [0.1, 0.15) is 18.6 Å². The van der Waals surface area contributed by atoms with E-state index in [1.807, 2.05) is 12.1 Å². The number of hydrogen-bond acceptors (Lipinski definition) is 4. The minimum Gasteiger partial charge on any atom is -0.468 e. The van der Waals surface area contributed by atoms with Crippen molar-refractivity contribution in [3.63, 3.8) is 0 Å². The van der Waals surface area contributed by atoms with Crippen molar-refractivity contribution in [1.82, 2.24) is 10.2 Å². The average Bonchev–Trinajstić information content (AvgIpc) is 2.82. The van der Waals surface area contributed by atoms with E-state index in [2.05, 4.69) is 10.2 Å². The van der Waals surface area contributed by atoms with Gasteiger partial charge in [0.1, 0.15) is 5.76 Å². The summed E-state index contributed by atoms with van der Waals surface area (Å²) in [4.78, 5) is 2.44. The SMILES string of the molecule is NCCN1CCC(NCc2ccco2)CC1. The summed E-state index contributed by atoms with van der Waals surface area (Å²) in [6, 6.07) is 4.57. The molecule has 1 fully saturated rings. The number of nitrogens with one attached hydrogen (secondary N) is 1. The van der Waals surface area contributed by atoms with Gasteiger partial charge in [-0.3, -0.25) is 0 Å². The second kappa shape index (κ2) is 6.03. The molecule has 0 unspecified atom stereocenters. The van der Waals surface area contributed by atoms with Crippen molar-refractivity contribution < 1.29 is 4.42 Å². The van der Waals surface area contributed by atoms with Crippen LogP contribution >= 0.6 is 0 Å². The quantitative estimate of drug-likeness (QED) is 0.775. The Hall–Kier alpha value is -0.840. The van der Waals surface area contributed by atoms with E-state index in [1.54, 1.807) is 6.26 Å². The Morgan fingerprint density at radius 1 is 1.44 bits per heavy atom. The summed E-state index contributed by atoms with van der Waals surface area (Å²) in [6.07, 6.45) is 4.14. The molecule has 1 saturated heterocycles. The van der Waals surface area contributed by atoms with Crippen LogP contribution in [0.25, 0.3) is 0 Å². The van der Waals surface area contributed by atoms with Gasteiger partial charge < -0.3 is 20.4 Å². The highest BCUT2D eigenvalue weighted by atomic mass is 16.3. The molecule has 0 aliphatic carbocycles. The molecule has 1 aromatic heterocycles. The van der Waals surface area contributed by atoms with Gasteiger partial charge in [0.2, 0.25) is 0 Å². The normalized spacial score (nSPS) is 19.1. The molecule has 4 nitrogen and oxygen atoms in total. The van der Waals surface area contributed by atoms with Crippen LogP contribution in [0.15, 0.2) is 22.8 Å². The van der Waals surface area contributed by atoms with Gasteiger partial charge in [-0.15, -0.1) is 0 Å². The number of nitrogens with two attached hydrogens (primary N) is 1. The molecule has 0 aromatic carbocycles. The lowest BCUT2D eigenvalue weighted by molar-refractivity contribution is 0.200. The Bertz CT molecular complexity index is 278. The van der Waals surface area contributed by atoms with Crippen molar-refractivity contribution in [2.75, 3.05) is 26.2 Å². The zero-order valence-electron chi connectivity index (χ0n) is 9.69. The largest absolute Gasteiger partial charge is 0.468 e. The summed E-state index contributed by atoms with van der Waals surface area (Å²) in [6.45, 7) is 4.96. The smallest absolute Gasteiger partial charge is 0.117 e. The van der Waals surface area contributed by atoms with E-state index in [1.165, 1.54) is 12.8 Å². The Morgan fingerprint density at radius 2 is 2.25 bits per heavy atom. The lowest BCUT2D eigenvalue weighted by Crippen LogP contribution is -2.43. The zero-order chi connectivity index (χ0) is 11.2. The Kier molecular flexibility index (Phi) is 4.39. The minimum absolute atomic E-state index is 0.624. The first-order valence-electron chi connectivity index (χ1n) is 6.06. The monoisotopic (exact) mass is 223 g/mol. The van der Waals surface area contributed by atoms with E-state index in [4.69, 9.17) is 10.2 Å². The highest BCUT2D eigenvalue weighted by Gasteiger charge is 2.17. The fraction of sp³-hybridized carbons (Fsp3) is 0.667. The molecule has 90 valence electrons. The van der Waals surface area contributed by atoms with E-state index in [-0.39, 0.29) is 0 Å². The van der Waals surface area contributed by atoms with Gasteiger partial charge in [-0.2, -0.15) is 0 Å². The maximum atomic E-state index is 5.55. The summed E-state index contributed by atoms with van der Waals surface area (Å²) < 4.78 is 5.29. The van der Waals surface area contributed by atoms with Gasteiger partial charge >= 0.3 is 0 Å². The first-order valence-corrected chi connectivity index (χ1v) is 6.06. The molecule has 4 heteroatoms. The van der Waals surface area contributed by atoms with Crippen LogP contribution in [0.3, 0.4) is 0 Å². The molecule has 16 heavy (non-hydrogen) atoms. The fourth-order valence-electron chi connectivity index (χ4n) is 2.20. The zero-order valence-corrected chi connectivity index (χ0v) is 9.69. The molecule has 0 radical (unpaired) electrons. The maximum absolute atomic E-state index is 5.55. The molecule has 1 aliphatic heterocycles. The average molecular weight is 223 g/mol. The van der Waals surface area contributed by atoms with Crippen LogP contribution in [-0.4, -0.2) is 37.1 Å². The van der Waals surface area contributed by atoms with Crippen LogP contribution in [0, 0.1) is 0 Å². The summed E-state index contributed by atoms with van der Waals surface area (Å²) >= 11 is 0. The molecule has 0 spiro atoms. The van der Waals surface area contributed by atoms with Crippen LogP contribution in [-0.2, 0) is 6.54 Å². The minimum atomic E-state index is 0.624. The van der Waals surface area contributed by atoms with Crippen molar-refractivity contribution in [2.45, 2.75) is 25.4 Å². The summed E-state index contributed by atoms with van der Waals surface area (Å²) in [5, 5.41) is 3.53. The number of furan rings is 1. The third-order valence-corrected chi connectivity index (χ3v) is 3.18. The summed E-state index contributed by atoms with van der Waals surface area (Å²) in [5.74, 6) is 1.02. The first-order chi connectivity index (χ1) is 7.88. The molecule has 3 N–H and O–H groups in total. The molecule has 2 heterocycles. The molecule has 0 bridgehead atoms. The second-order valence-corrected chi connectivity index (χ2v) is 4.36. The third-order valence-electron chi connectivity index (χ3n) is 3.18. The number of hydrogen-bond donors (Lipinski definition) is 2. The second-order valence-electron chi connectivity index (χ2n) is 4.36. The van der Waals surface area contributed by atoms with Gasteiger partial charge in [-0.1, -0.05) is 0 Å². The molecule has 2 rings (SSSR count). The van der Waals surface area contributed by atoms with Crippen LogP contribution in [0.4, 0.5) is 0 Å². The highest BCUT2D eigenvalue weighted by molar-refractivity contribution is 4.98.